The fourth-order valence-corrected chi connectivity index (χ4v) is 1.93. The highest BCUT2D eigenvalue weighted by molar-refractivity contribution is 6.34. The third kappa shape index (κ3) is 6.29. The maximum absolute atomic E-state index is 9.88. The second-order valence-electron chi connectivity index (χ2n) is 5.28. The van der Waals surface area contributed by atoms with Gasteiger partial charge in [-0.05, 0) is 32.4 Å². The van der Waals surface area contributed by atoms with E-state index < -0.39 is 6.10 Å². The van der Waals surface area contributed by atoms with Gasteiger partial charge in [-0.1, -0.05) is 23.2 Å². The molecule has 0 aliphatic carbocycles. The van der Waals surface area contributed by atoms with E-state index >= 15 is 0 Å². The molecule has 4 nitrogen and oxygen atoms in total. The zero-order valence-corrected chi connectivity index (χ0v) is 13.2. The number of β-amino-alcohol motifs (C(OH)–C–C–N with tert-alkyl or cyclic N) is 1. The Bertz CT molecular complexity index is 427. The number of nitrogens with one attached hydrogen (secondary N) is 1. The minimum Gasteiger partial charge on any atom is -0.489 e. The molecule has 0 bridgehead atoms. The Labute approximate surface area is 129 Å². The van der Waals surface area contributed by atoms with Gasteiger partial charge in [-0.25, -0.2) is 0 Å². The monoisotopic (exact) mass is 321 g/mol. The van der Waals surface area contributed by atoms with Crippen molar-refractivity contribution in [3.05, 3.63) is 28.2 Å². The van der Waals surface area contributed by atoms with Crippen LogP contribution in [0.1, 0.15) is 20.3 Å². The lowest BCUT2D eigenvalue weighted by Crippen LogP contribution is -2.45. The van der Waals surface area contributed by atoms with Crippen molar-refractivity contribution in [2.75, 3.05) is 19.8 Å². The highest BCUT2D eigenvalue weighted by Gasteiger charge is 2.18. The highest BCUT2D eigenvalue weighted by Crippen LogP contribution is 2.27. The van der Waals surface area contributed by atoms with Gasteiger partial charge in [0.2, 0.25) is 0 Å². The molecule has 0 amide bonds. The molecule has 0 fully saturated rings. The molecule has 20 heavy (non-hydrogen) atoms. The van der Waals surface area contributed by atoms with Crippen molar-refractivity contribution in [2.24, 2.45) is 0 Å². The second kappa shape index (κ2) is 8.05. The van der Waals surface area contributed by atoms with Crippen molar-refractivity contribution in [3.63, 3.8) is 0 Å². The molecule has 1 atom stereocenters. The number of ether oxygens (including phenoxy) is 1. The third-order valence-corrected chi connectivity index (χ3v) is 3.42. The Balaban J connectivity index is 2.40. The molecule has 0 aliphatic rings. The number of halogens is 2. The van der Waals surface area contributed by atoms with E-state index in [9.17, 15) is 5.11 Å². The predicted molar refractivity (Wildman–Crippen MR) is 81.7 cm³/mol. The van der Waals surface area contributed by atoms with E-state index in [0.29, 0.717) is 28.8 Å². The number of rotatable bonds is 8. The first-order chi connectivity index (χ1) is 9.34. The van der Waals surface area contributed by atoms with Gasteiger partial charge in [0.05, 0.1) is 5.02 Å². The topological polar surface area (TPSA) is 61.7 Å². The number of benzene rings is 1. The van der Waals surface area contributed by atoms with E-state index in [1.807, 2.05) is 13.8 Å². The standard InChI is InChI=1S/C14H21Cl2NO3/c1-14(2,5-6-18)17-8-11(19)9-20-13-7-10(15)3-4-12(13)16/h3-4,7,11,17-19H,5-6,8-9H2,1-2H3. The van der Waals surface area contributed by atoms with Crippen LogP contribution >= 0.6 is 23.2 Å². The van der Waals surface area contributed by atoms with Crippen LogP contribution in [0.2, 0.25) is 10.0 Å². The highest BCUT2D eigenvalue weighted by atomic mass is 35.5. The first-order valence-corrected chi connectivity index (χ1v) is 7.21. The summed E-state index contributed by atoms with van der Waals surface area (Å²) in [6.45, 7) is 4.51. The summed E-state index contributed by atoms with van der Waals surface area (Å²) in [5, 5.41) is 23.0. The van der Waals surface area contributed by atoms with Crippen LogP contribution in [0.25, 0.3) is 0 Å². The zero-order valence-electron chi connectivity index (χ0n) is 11.7. The van der Waals surface area contributed by atoms with Crippen LogP contribution in [-0.4, -0.2) is 41.6 Å². The summed E-state index contributed by atoms with van der Waals surface area (Å²) in [4.78, 5) is 0. The van der Waals surface area contributed by atoms with Gasteiger partial charge in [0.15, 0.2) is 0 Å². The first kappa shape index (κ1) is 17.5. The van der Waals surface area contributed by atoms with E-state index in [2.05, 4.69) is 5.32 Å². The Morgan fingerprint density at radius 3 is 2.70 bits per heavy atom. The number of aliphatic hydroxyl groups is 2. The lowest BCUT2D eigenvalue weighted by Gasteiger charge is -2.27. The van der Waals surface area contributed by atoms with Crippen molar-refractivity contribution < 1.29 is 14.9 Å². The van der Waals surface area contributed by atoms with Gasteiger partial charge in [-0.2, -0.15) is 0 Å². The van der Waals surface area contributed by atoms with E-state index in [4.69, 9.17) is 33.0 Å². The molecule has 6 heteroatoms. The molecule has 0 spiro atoms. The summed E-state index contributed by atoms with van der Waals surface area (Å²) in [5.41, 5.74) is -0.233. The van der Waals surface area contributed by atoms with Crippen LogP contribution < -0.4 is 10.1 Å². The Hall–Kier alpha value is -0.520. The largest absolute Gasteiger partial charge is 0.489 e. The Kier molecular flexibility index (Phi) is 7.06. The van der Waals surface area contributed by atoms with Crippen LogP contribution in [0, 0.1) is 0 Å². The minimum absolute atomic E-state index is 0.102. The quantitative estimate of drug-likeness (QED) is 0.688. The average molecular weight is 322 g/mol. The smallest absolute Gasteiger partial charge is 0.139 e. The SMILES string of the molecule is CC(C)(CCO)NCC(O)COc1cc(Cl)ccc1Cl. The van der Waals surface area contributed by atoms with E-state index in [0.717, 1.165) is 0 Å². The summed E-state index contributed by atoms with van der Waals surface area (Å²) in [5.74, 6) is 0.452. The molecule has 114 valence electrons. The Morgan fingerprint density at radius 2 is 2.05 bits per heavy atom. The van der Waals surface area contributed by atoms with Crippen molar-refractivity contribution in [2.45, 2.75) is 31.9 Å². The summed E-state index contributed by atoms with van der Waals surface area (Å²) < 4.78 is 5.45. The second-order valence-corrected chi connectivity index (χ2v) is 6.12. The number of aliphatic hydroxyl groups excluding tert-OH is 2. The molecule has 3 N–H and O–H groups in total. The van der Waals surface area contributed by atoms with Gasteiger partial charge in [-0.3, -0.25) is 0 Å². The fourth-order valence-electron chi connectivity index (χ4n) is 1.59. The fraction of sp³-hybridized carbons (Fsp3) is 0.571. The molecule has 0 saturated carbocycles. The van der Waals surface area contributed by atoms with Gasteiger partial charge in [-0.15, -0.1) is 0 Å². The molecule has 0 aromatic heterocycles. The van der Waals surface area contributed by atoms with Gasteiger partial charge in [0, 0.05) is 29.8 Å². The molecule has 0 heterocycles. The van der Waals surface area contributed by atoms with E-state index in [1.54, 1.807) is 18.2 Å². The van der Waals surface area contributed by atoms with Crippen LogP contribution in [0.15, 0.2) is 18.2 Å². The van der Waals surface area contributed by atoms with Crippen LogP contribution in [-0.2, 0) is 0 Å². The summed E-state index contributed by atoms with van der Waals surface area (Å²) in [6, 6.07) is 4.93. The van der Waals surface area contributed by atoms with Crippen molar-refractivity contribution in [1.29, 1.82) is 0 Å². The normalized spacial score (nSPS) is 13.3. The Morgan fingerprint density at radius 1 is 1.35 bits per heavy atom. The summed E-state index contributed by atoms with van der Waals surface area (Å²) in [7, 11) is 0. The molecule has 1 unspecified atom stereocenters. The molecule has 0 aliphatic heterocycles. The molecular weight excluding hydrogens is 301 g/mol. The summed E-state index contributed by atoms with van der Waals surface area (Å²) >= 11 is 11.8. The molecular formula is C14H21Cl2NO3. The minimum atomic E-state index is -0.678. The lowest BCUT2D eigenvalue weighted by atomic mass is 10.0. The number of hydrogen-bond donors (Lipinski definition) is 3. The van der Waals surface area contributed by atoms with Crippen molar-refractivity contribution >= 4 is 23.2 Å². The van der Waals surface area contributed by atoms with Crippen molar-refractivity contribution in [1.82, 2.24) is 5.32 Å². The molecule has 0 radical (unpaired) electrons. The van der Waals surface area contributed by atoms with E-state index in [1.165, 1.54) is 0 Å². The van der Waals surface area contributed by atoms with Gasteiger partial charge >= 0.3 is 0 Å². The summed E-state index contributed by atoms with van der Waals surface area (Å²) in [6.07, 6.45) is -0.0660. The van der Waals surface area contributed by atoms with Crippen molar-refractivity contribution in [3.8, 4) is 5.75 Å². The van der Waals surface area contributed by atoms with Crippen LogP contribution in [0.4, 0.5) is 0 Å². The zero-order chi connectivity index (χ0) is 15.2. The van der Waals surface area contributed by atoms with E-state index in [-0.39, 0.29) is 18.8 Å². The third-order valence-electron chi connectivity index (χ3n) is 2.88. The lowest BCUT2D eigenvalue weighted by molar-refractivity contribution is 0.0960. The van der Waals surface area contributed by atoms with Gasteiger partial charge in [0.1, 0.15) is 18.5 Å². The first-order valence-electron chi connectivity index (χ1n) is 6.46. The average Bonchev–Trinajstić information content (AvgIpc) is 2.37. The molecule has 1 aromatic rings. The maximum atomic E-state index is 9.88. The molecule has 1 aromatic carbocycles. The van der Waals surface area contributed by atoms with Gasteiger partial charge in [0.25, 0.3) is 0 Å². The van der Waals surface area contributed by atoms with Gasteiger partial charge < -0.3 is 20.3 Å². The number of hydrogen-bond acceptors (Lipinski definition) is 4. The van der Waals surface area contributed by atoms with Crippen LogP contribution in [0.5, 0.6) is 5.75 Å². The molecule has 1 rings (SSSR count). The molecule has 0 saturated heterocycles. The maximum Gasteiger partial charge on any atom is 0.139 e. The predicted octanol–water partition coefficient (Wildman–Crippen LogP) is 2.48. The van der Waals surface area contributed by atoms with Crippen LogP contribution in [0.3, 0.4) is 0 Å².